The van der Waals surface area contributed by atoms with Gasteiger partial charge in [0.1, 0.15) is 5.75 Å². The van der Waals surface area contributed by atoms with E-state index in [1.165, 1.54) is 0 Å². The van der Waals surface area contributed by atoms with Crippen molar-refractivity contribution in [1.29, 1.82) is 0 Å². The summed E-state index contributed by atoms with van der Waals surface area (Å²) in [5, 5.41) is 10.5. The van der Waals surface area contributed by atoms with E-state index in [-0.39, 0.29) is 17.6 Å². The first-order valence-electron chi connectivity index (χ1n) is 7.58. The molecule has 2 amide bonds. The second kappa shape index (κ2) is 5.21. The third-order valence-corrected chi connectivity index (χ3v) is 4.34. The Morgan fingerprint density at radius 1 is 1.08 bits per heavy atom. The van der Waals surface area contributed by atoms with Crippen LogP contribution in [0.4, 0.5) is 0 Å². The Morgan fingerprint density at radius 2 is 1.75 bits per heavy atom. The molecule has 0 aliphatic carbocycles. The number of rotatable bonds is 3. The van der Waals surface area contributed by atoms with Gasteiger partial charge in [0.2, 0.25) is 0 Å². The highest BCUT2D eigenvalue weighted by atomic mass is 16.3. The number of imide groups is 1. The SMILES string of the molecule is NC(Cc1c[nH]c2ccc(O)cc12)N1C(=O)c2ccccc2C1=O. The van der Waals surface area contributed by atoms with E-state index in [0.29, 0.717) is 17.5 Å². The summed E-state index contributed by atoms with van der Waals surface area (Å²) in [6.45, 7) is 0. The molecule has 1 aliphatic heterocycles. The maximum atomic E-state index is 12.5. The second-order valence-electron chi connectivity index (χ2n) is 5.84. The normalized spacial score (nSPS) is 15.1. The minimum absolute atomic E-state index is 0.151. The molecule has 1 aliphatic rings. The van der Waals surface area contributed by atoms with Gasteiger partial charge in [0.05, 0.1) is 17.3 Å². The number of hydrogen-bond donors (Lipinski definition) is 3. The van der Waals surface area contributed by atoms with Gasteiger partial charge in [-0.15, -0.1) is 0 Å². The monoisotopic (exact) mass is 321 g/mol. The molecule has 6 heteroatoms. The minimum atomic E-state index is -0.779. The van der Waals surface area contributed by atoms with Gasteiger partial charge in [0.15, 0.2) is 0 Å². The Morgan fingerprint density at radius 3 is 2.42 bits per heavy atom. The Hall–Kier alpha value is -3.12. The number of carbonyl (C=O) groups excluding carboxylic acids is 2. The lowest BCUT2D eigenvalue weighted by Crippen LogP contribution is -2.46. The van der Waals surface area contributed by atoms with Gasteiger partial charge in [-0.05, 0) is 35.9 Å². The highest BCUT2D eigenvalue weighted by Gasteiger charge is 2.38. The fourth-order valence-electron chi connectivity index (χ4n) is 3.16. The lowest BCUT2D eigenvalue weighted by Gasteiger charge is -2.22. The fourth-order valence-corrected chi connectivity index (χ4v) is 3.16. The van der Waals surface area contributed by atoms with Crippen LogP contribution in [0.2, 0.25) is 0 Å². The number of nitrogens with two attached hydrogens (primary N) is 1. The van der Waals surface area contributed by atoms with Crippen molar-refractivity contribution in [3.8, 4) is 5.75 Å². The zero-order valence-corrected chi connectivity index (χ0v) is 12.7. The van der Waals surface area contributed by atoms with Gasteiger partial charge in [-0.1, -0.05) is 12.1 Å². The van der Waals surface area contributed by atoms with Crippen LogP contribution >= 0.6 is 0 Å². The van der Waals surface area contributed by atoms with Gasteiger partial charge in [-0.3, -0.25) is 14.5 Å². The molecule has 1 unspecified atom stereocenters. The largest absolute Gasteiger partial charge is 0.508 e. The van der Waals surface area contributed by atoms with Crippen molar-refractivity contribution in [3.05, 3.63) is 65.4 Å². The second-order valence-corrected chi connectivity index (χ2v) is 5.84. The molecule has 120 valence electrons. The number of fused-ring (bicyclic) bond motifs is 2. The quantitative estimate of drug-likeness (QED) is 0.642. The summed E-state index contributed by atoms with van der Waals surface area (Å²) in [7, 11) is 0. The lowest BCUT2D eigenvalue weighted by atomic mass is 10.1. The molecule has 0 fully saturated rings. The number of phenolic OH excluding ortho intramolecular Hbond substituents is 1. The molecule has 0 spiro atoms. The molecule has 4 N–H and O–H groups in total. The van der Waals surface area contributed by atoms with Crippen LogP contribution in [0.5, 0.6) is 5.75 Å². The van der Waals surface area contributed by atoms with E-state index in [1.807, 2.05) is 0 Å². The summed E-state index contributed by atoms with van der Waals surface area (Å²) in [5.74, 6) is -0.589. The number of nitrogens with one attached hydrogen (secondary N) is 1. The molecule has 4 rings (SSSR count). The van der Waals surface area contributed by atoms with Crippen LogP contribution in [0.1, 0.15) is 26.3 Å². The van der Waals surface area contributed by atoms with Crippen molar-refractivity contribution in [2.75, 3.05) is 0 Å². The lowest BCUT2D eigenvalue weighted by molar-refractivity contribution is 0.0588. The molecule has 1 aromatic heterocycles. The van der Waals surface area contributed by atoms with Crippen LogP contribution in [0, 0.1) is 0 Å². The number of amides is 2. The Bertz CT molecular complexity index is 942. The van der Waals surface area contributed by atoms with E-state index in [4.69, 9.17) is 5.73 Å². The van der Waals surface area contributed by atoms with Gasteiger partial charge in [0, 0.05) is 23.5 Å². The van der Waals surface area contributed by atoms with Crippen molar-refractivity contribution >= 4 is 22.7 Å². The predicted octanol–water partition coefficient (Wildman–Crippen LogP) is 2.00. The molecule has 3 aromatic rings. The molecule has 2 heterocycles. The smallest absolute Gasteiger partial charge is 0.262 e. The van der Waals surface area contributed by atoms with Crippen LogP contribution < -0.4 is 5.73 Å². The third-order valence-electron chi connectivity index (χ3n) is 4.34. The standard InChI is InChI=1S/C18H15N3O3/c19-16(7-10-9-20-15-6-5-11(22)8-14(10)15)21-17(23)12-3-1-2-4-13(12)18(21)24/h1-6,8-9,16,20,22H,7,19H2. The number of phenols is 1. The number of carbonyl (C=O) groups is 2. The molecule has 6 nitrogen and oxygen atoms in total. The van der Waals surface area contributed by atoms with Crippen LogP contribution in [0.25, 0.3) is 10.9 Å². The number of aromatic hydroxyl groups is 1. The molecule has 0 saturated heterocycles. The maximum Gasteiger partial charge on any atom is 0.262 e. The zero-order chi connectivity index (χ0) is 16.8. The van der Waals surface area contributed by atoms with Crippen LogP contribution in [-0.2, 0) is 6.42 Å². The first-order valence-corrected chi connectivity index (χ1v) is 7.58. The number of H-pyrrole nitrogens is 1. The topological polar surface area (TPSA) is 99.4 Å². The summed E-state index contributed by atoms with van der Waals surface area (Å²) in [4.78, 5) is 29.1. The van der Waals surface area contributed by atoms with Crippen molar-refractivity contribution in [2.45, 2.75) is 12.6 Å². The highest BCUT2D eigenvalue weighted by Crippen LogP contribution is 2.27. The van der Waals surface area contributed by atoms with Gasteiger partial charge in [-0.25, -0.2) is 0 Å². The highest BCUT2D eigenvalue weighted by molar-refractivity contribution is 6.21. The first-order chi connectivity index (χ1) is 11.6. The van der Waals surface area contributed by atoms with Crippen molar-refractivity contribution in [3.63, 3.8) is 0 Å². The molecule has 0 bridgehead atoms. The molecular weight excluding hydrogens is 306 g/mol. The van der Waals surface area contributed by atoms with E-state index in [1.54, 1.807) is 48.7 Å². The van der Waals surface area contributed by atoms with E-state index in [0.717, 1.165) is 21.4 Å². The van der Waals surface area contributed by atoms with Gasteiger partial charge < -0.3 is 15.8 Å². The average Bonchev–Trinajstić information content (AvgIpc) is 3.07. The Labute approximate surface area is 137 Å². The van der Waals surface area contributed by atoms with Crippen LogP contribution in [0.15, 0.2) is 48.7 Å². The molecule has 2 aromatic carbocycles. The predicted molar refractivity (Wildman–Crippen MR) is 88.6 cm³/mol. The summed E-state index contributed by atoms with van der Waals surface area (Å²) >= 11 is 0. The minimum Gasteiger partial charge on any atom is -0.508 e. The third kappa shape index (κ3) is 2.08. The first kappa shape index (κ1) is 14.5. The average molecular weight is 321 g/mol. The molecule has 0 saturated carbocycles. The Kier molecular flexibility index (Phi) is 3.14. The van der Waals surface area contributed by atoms with E-state index < -0.39 is 6.17 Å². The van der Waals surface area contributed by atoms with Crippen LogP contribution in [-0.4, -0.2) is 33.0 Å². The van der Waals surface area contributed by atoms with Gasteiger partial charge in [-0.2, -0.15) is 0 Å². The van der Waals surface area contributed by atoms with Gasteiger partial charge in [0.25, 0.3) is 11.8 Å². The number of hydrogen-bond acceptors (Lipinski definition) is 4. The summed E-state index contributed by atoms with van der Waals surface area (Å²) < 4.78 is 0. The number of nitrogens with zero attached hydrogens (tertiary/aromatic N) is 1. The number of aromatic nitrogens is 1. The molecule has 24 heavy (non-hydrogen) atoms. The Balaban J connectivity index is 1.65. The molecular formula is C18H15N3O3. The van der Waals surface area contributed by atoms with E-state index >= 15 is 0 Å². The fraction of sp³-hybridized carbons (Fsp3) is 0.111. The number of aromatic amines is 1. The van der Waals surface area contributed by atoms with Crippen LogP contribution in [0.3, 0.4) is 0 Å². The maximum absolute atomic E-state index is 12.5. The molecule has 0 radical (unpaired) electrons. The van der Waals surface area contributed by atoms with E-state index in [2.05, 4.69) is 4.98 Å². The zero-order valence-electron chi connectivity index (χ0n) is 12.7. The van der Waals surface area contributed by atoms with Crippen molar-refractivity contribution < 1.29 is 14.7 Å². The summed E-state index contributed by atoms with van der Waals surface area (Å²) in [6.07, 6.45) is 1.30. The van der Waals surface area contributed by atoms with Gasteiger partial charge >= 0.3 is 0 Å². The summed E-state index contributed by atoms with van der Waals surface area (Å²) in [5.41, 5.74) is 8.63. The van der Waals surface area contributed by atoms with Crippen molar-refractivity contribution in [1.82, 2.24) is 9.88 Å². The van der Waals surface area contributed by atoms with Crippen molar-refractivity contribution in [2.24, 2.45) is 5.73 Å². The molecule has 1 atom stereocenters. The van der Waals surface area contributed by atoms with E-state index in [9.17, 15) is 14.7 Å². The number of benzene rings is 2. The summed E-state index contributed by atoms with van der Waals surface area (Å²) in [6, 6.07) is 11.7.